The molecule has 9 rings (SSSR count). The Morgan fingerprint density at radius 1 is 0.719 bits per heavy atom. The molecule has 14 nitrogen and oxygen atoms in total. The van der Waals surface area contributed by atoms with Gasteiger partial charge in [0.1, 0.15) is 17.2 Å². The van der Waals surface area contributed by atoms with Crippen molar-refractivity contribution in [1.29, 1.82) is 0 Å². The standard InChI is InChI=1S/C25H26N6O.C24H26FN5O2/c1-29(2)13-3-4-23(32)30-14-15-31-22(17-30)24(19-7-10-26-11-8-19)25(28-31)20-6-5-18-9-12-27-21(18)16-20;1-28(2)13-3-4-22(32)29-14-20(16-31)30-21(15-29)23(17-9-11-26-12-10-17)24(27-30)18-5-7-19(25)8-6-18/h3-12,16,27H,13-15,17H2,1-2H3;3-12,20,31H,13-16H2,1-2H3/b4-3+;. The smallest absolute Gasteiger partial charge is 0.246 e. The number of hydrogen-bond donors (Lipinski definition) is 2. The topological polar surface area (TPSA) is 145 Å². The van der Waals surface area contributed by atoms with Crippen LogP contribution in [0.5, 0.6) is 0 Å². The molecule has 7 aromatic rings. The van der Waals surface area contributed by atoms with E-state index in [2.05, 4.69) is 43.9 Å². The molecular formula is C49H52FN11O3. The molecule has 1 atom stereocenters. The summed E-state index contributed by atoms with van der Waals surface area (Å²) >= 11 is 0. The molecule has 0 fully saturated rings. The fourth-order valence-electron chi connectivity index (χ4n) is 8.10. The van der Waals surface area contributed by atoms with E-state index in [1.807, 2.05) is 90.2 Å². The maximum atomic E-state index is 13.5. The second kappa shape index (κ2) is 19.5. The number of likely N-dealkylation sites (N-methyl/N-ethyl adjacent to an activating group) is 2. The molecule has 0 bridgehead atoms. The number of fused-ring (bicyclic) bond motifs is 3. The number of H-pyrrole nitrogens is 1. The maximum Gasteiger partial charge on any atom is 0.246 e. The van der Waals surface area contributed by atoms with Crippen LogP contribution in [-0.4, -0.2) is 132 Å². The lowest BCUT2D eigenvalue weighted by Gasteiger charge is -2.33. The van der Waals surface area contributed by atoms with E-state index >= 15 is 0 Å². The lowest BCUT2D eigenvalue weighted by Crippen LogP contribution is -2.42. The van der Waals surface area contributed by atoms with Crippen LogP contribution in [0.25, 0.3) is 55.7 Å². The Bertz CT molecular complexity index is 2780. The van der Waals surface area contributed by atoms with Gasteiger partial charge in [-0.2, -0.15) is 10.2 Å². The predicted octanol–water partition coefficient (Wildman–Crippen LogP) is 6.30. The summed E-state index contributed by atoms with van der Waals surface area (Å²) in [5.41, 5.74) is 10.3. The number of nitrogens with one attached hydrogen (secondary N) is 1. The van der Waals surface area contributed by atoms with Crippen LogP contribution in [-0.2, 0) is 29.2 Å². The lowest BCUT2D eigenvalue weighted by molar-refractivity contribution is -0.128. The molecule has 2 amide bonds. The number of carbonyl (C=O) groups is 2. The minimum absolute atomic E-state index is 0.0364. The summed E-state index contributed by atoms with van der Waals surface area (Å²) in [4.78, 5) is 44.9. The largest absolute Gasteiger partial charge is 0.394 e. The SMILES string of the molecule is CN(C)C/C=C/C(=O)N1CCn2nc(-c3ccc4cc[nH]c4c3)c(-c3ccncc3)c2C1.CN(C)CC=CC(=O)N1Cc2c(-c3ccncc3)c(-c3ccc(F)cc3)nn2C(CO)C1. The third kappa shape index (κ3) is 9.61. The quantitative estimate of drug-likeness (QED) is 0.143. The second-order valence-corrected chi connectivity index (χ2v) is 16.4. The first-order valence-electron chi connectivity index (χ1n) is 21.2. The summed E-state index contributed by atoms with van der Waals surface area (Å²) < 4.78 is 17.4. The number of hydrogen-bond acceptors (Lipinski definition) is 9. The Morgan fingerprint density at radius 2 is 1.30 bits per heavy atom. The predicted molar refractivity (Wildman–Crippen MR) is 246 cm³/mol. The molecule has 0 saturated heterocycles. The first kappa shape index (κ1) is 43.6. The van der Waals surface area contributed by atoms with Gasteiger partial charge < -0.3 is 29.7 Å². The number of nitrogens with zero attached hydrogens (tertiary/aromatic N) is 10. The van der Waals surface area contributed by atoms with E-state index in [1.54, 1.807) is 54.0 Å². The van der Waals surface area contributed by atoms with E-state index in [9.17, 15) is 19.1 Å². The van der Waals surface area contributed by atoms with Crippen LogP contribution < -0.4 is 0 Å². The van der Waals surface area contributed by atoms with Crippen LogP contribution in [0, 0.1) is 5.82 Å². The molecule has 5 aromatic heterocycles. The van der Waals surface area contributed by atoms with E-state index in [4.69, 9.17) is 10.2 Å². The van der Waals surface area contributed by atoms with Crippen molar-refractivity contribution in [2.75, 3.05) is 61.0 Å². The van der Waals surface area contributed by atoms with E-state index in [0.717, 1.165) is 62.5 Å². The molecule has 15 heteroatoms. The van der Waals surface area contributed by atoms with Gasteiger partial charge in [-0.1, -0.05) is 24.3 Å². The fraction of sp³-hybridized carbons (Fsp3) is 0.265. The third-order valence-electron chi connectivity index (χ3n) is 11.3. The van der Waals surface area contributed by atoms with Crippen LogP contribution in [0.3, 0.4) is 0 Å². The highest BCUT2D eigenvalue weighted by Gasteiger charge is 2.33. The number of amides is 2. The first-order valence-corrected chi connectivity index (χ1v) is 21.2. The van der Waals surface area contributed by atoms with Crippen molar-refractivity contribution in [2.24, 2.45) is 0 Å². The Kier molecular flexibility index (Phi) is 13.3. The molecule has 0 saturated carbocycles. The van der Waals surface area contributed by atoms with Gasteiger partial charge in [-0.25, -0.2) is 4.39 Å². The molecule has 0 aliphatic carbocycles. The molecular weight excluding hydrogens is 810 g/mol. The zero-order valence-electron chi connectivity index (χ0n) is 36.5. The monoisotopic (exact) mass is 861 g/mol. The van der Waals surface area contributed by atoms with Gasteiger partial charge in [0, 0.05) is 97.1 Å². The average Bonchev–Trinajstić information content (AvgIpc) is 4.05. The van der Waals surface area contributed by atoms with Crippen LogP contribution >= 0.6 is 0 Å². The average molecular weight is 862 g/mol. The molecule has 7 heterocycles. The summed E-state index contributed by atoms with van der Waals surface area (Å²) in [6.45, 7) is 3.81. The van der Waals surface area contributed by atoms with Gasteiger partial charge in [-0.05, 0) is 105 Å². The summed E-state index contributed by atoms with van der Waals surface area (Å²) in [6.07, 6.45) is 15.9. The van der Waals surface area contributed by atoms with E-state index in [1.165, 1.54) is 17.5 Å². The molecule has 2 aliphatic heterocycles. The first-order chi connectivity index (χ1) is 31.1. The Morgan fingerprint density at radius 3 is 1.92 bits per heavy atom. The number of aromatic nitrogens is 7. The van der Waals surface area contributed by atoms with Crippen LogP contribution in [0.1, 0.15) is 17.4 Å². The third-order valence-corrected chi connectivity index (χ3v) is 11.3. The number of rotatable bonds is 11. The van der Waals surface area contributed by atoms with Crippen molar-refractivity contribution < 1.29 is 19.1 Å². The lowest BCUT2D eigenvalue weighted by atomic mass is 9.98. The van der Waals surface area contributed by atoms with E-state index < -0.39 is 0 Å². The van der Waals surface area contributed by atoms with Gasteiger partial charge in [0.25, 0.3) is 0 Å². The summed E-state index contributed by atoms with van der Waals surface area (Å²) in [5, 5.41) is 21.0. The van der Waals surface area contributed by atoms with Crippen molar-refractivity contribution in [1.82, 2.24) is 54.1 Å². The van der Waals surface area contributed by atoms with Crippen molar-refractivity contribution in [2.45, 2.75) is 25.7 Å². The molecule has 64 heavy (non-hydrogen) atoms. The number of aliphatic hydroxyl groups excluding tert-OH is 1. The minimum Gasteiger partial charge on any atom is -0.394 e. The molecule has 2 aromatic carbocycles. The number of halogens is 1. The molecule has 1 unspecified atom stereocenters. The highest BCUT2D eigenvalue weighted by molar-refractivity contribution is 5.91. The number of pyridine rings is 2. The summed E-state index contributed by atoms with van der Waals surface area (Å²) in [5.74, 6) is -0.395. The summed E-state index contributed by atoms with van der Waals surface area (Å²) in [7, 11) is 7.85. The van der Waals surface area contributed by atoms with Crippen LogP contribution in [0.2, 0.25) is 0 Å². The van der Waals surface area contributed by atoms with Gasteiger partial charge in [0.05, 0.1) is 43.7 Å². The van der Waals surface area contributed by atoms with Crippen molar-refractivity contribution >= 4 is 22.7 Å². The Hall–Kier alpha value is -7.07. The van der Waals surface area contributed by atoms with Gasteiger partial charge in [-0.3, -0.25) is 28.9 Å². The molecule has 0 spiro atoms. The normalized spacial score (nSPS) is 15.0. The Labute approximate surface area is 371 Å². The highest BCUT2D eigenvalue weighted by Crippen LogP contribution is 2.39. The van der Waals surface area contributed by atoms with Crippen molar-refractivity contribution in [3.05, 3.63) is 145 Å². The van der Waals surface area contributed by atoms with E-state index in [-0.39, 0.29) is 30.3 Å². The highest BCUT2D eigenvalue weighted by atomic mass is 19.1. The minimum atomic E-state index is -0.375. The fourth-order valence-corrected chi connectivity index (χ4v) is 8.10. The Balaban J connectivity index is 0.000000175. The van der Waals surface area contributed by atoms with Gasteiger partial charge in [-0.15, -0.1) is 0 Å². The number of aliphatic hydroxyl groups is 1. The number of aromatic amines is 1. The second-order valence-electron chi connectivity index (χ2n) is 16.4. The van der Waals surface area contributed by atoms with Crippen LogP contribution in [0.4, 0.5) is 4.39 Å². The van der Waals surface area contributed by atoms with Crippen molar-refractivity contribution in [3.63, 3.8) is 0 Å². The van der Waals surface area contributed by atoms with Gasteiger partial charge in [0.2, 0.25) is 11.8 Å². The zero-order chi connectivity index (χ0) is 44.7. The van der Waals surface area contributed by atoms with Gasteiger partial charge >= 0.3 is 0 Å². The summed E-state index contributed by atoms with van der Waals surface area (Å²) in [6, 6.07) is 22.0. The van der Waals surface area contributed by atoms with Crippen LogP contribution in [0.15, 0.2) is 128 Å². The zero-order valence-corrected chi connectivity index (χ0v) is 36.5. The van der Waals surface area contributed by atoms with Crippen molar-refractivity contribution in [3.8, 4) is 44.8 Å². The van der Waals surface area contributed by atoms with Gasteiger partial charge in [0.15, 0.2) is 0 Å². The molecule has 2 N–H and O–H groups in total. The molecule has 0 radical (unpaired) electrons. The molecule has 2 aliphatic rings. The number of carbonyl (C=O) groups excluding carboxylic acids is 2. The van der Waals surface area contributed by atoms with E-state index in [0.29, 0.717) is 45.0 Å². The maximum absolute atomic E-state index is 13.5. The molecule has 328 valence electrons. The number of benzene rings is 2.